The first-order valence-electron chi connectivity index (χ1n) is 11.3. The summed E-state index contributed by atoms with van der Waals surface area (Å²) in [7, 11) is 0.705. The molecule has 0 unspecified atom stereocenters. The summed E-state index contributed by atoms with van der Waals surface area (Å²) in [6.45, 7) is 6.90. The standard InChI is InChI=1S/C25H33N3O3S2.ClH/c1-6-20-9-7-10-22-24(20)26-25(32-22)28(16-8-15-27(4)5)23(29)17-19-11-13-21(14-12-19)33(30,31)18(2)3;/h7,9-14,18H,6,8,15-17H2,1-5H3;1H. The molecular formula is C25H34ClN3O3S2. The highest BCUT2D eigenvalue weighted by Gasteiger charge is 2.22. The van der Waals surface area contributed by atoms with Crippen LogP contribution in [0.1, 0.15) is 38.3 Å². The summed E-state index contributed by atoms with van der Waals surface area (Å²) in [5.41, 5.74) is 2.93. The lowest BCUT2D eigenvalue weighted by Crippen LogP contribution is -2.34. The fourth-order valence-electron chi connectivity index (χ4n) is 3.61. The second-order valence-corrected chi connectivity index (χ2v) is 12.2. The first-order valence-corrected chi connectivity index (χ1v) is 13.7. The van der Waals surface area contributed by atoms with Crippen molar-refractivity contribution in [1.82, 2.24) is 9.88 Å². The molecule has 186 valence electrons. The average molecular weight is 524 g/mol. The number of anilines is 1. The second kappa shape index (κ2) is 12.1. The number of hydrogen-bond donors (Lipinski definition) is 0. The molecule has 0 atom stereocenters. The smallest absolute Gasteiger partial charge is 0.233 e. The van der Waals surface area contributed by atoms with Gasteiger partial charge in [0, 0.05) is 6.54 Å². The molecule has 34 heavy (non-hydrogen) atoms. The van der Waals surface area contributed by atoms with E-state index in [4.69, 9.17) is 4.98 Å². The number of hydrogen-bond acceptors (Lipinski definition) is 6. The first-order chi connectivity index (χ1) is 15.6. The van der Waals surface area contributed by atoms with Crippen LogP contribution >= 0.6 is 23.7 Å². The third-order valence-electron chi connectivity index (χ3n) is 5.62. The Morgan fingerprint density at radius 3 is 2.32 bits per heavy atom. The third kappa shape index (κ3) is 6.56. The molecule has 1 amide bonds. The van der Waals surface area contributed by atoms with Crippen molar-refractivity contribution >= 4 is 54.8 Å². The van der Waals surface area contributed by atoms with Gasteiger partial charge in [-0.15, -0.1) is 12.4 Å². The van der Waals surface area contributed by atoms with Crippen molar-refractivity contribution in [3.63, 3.8) is 0 Å². The highest BCUT2D eigenvalue weighted by Crippen LogP contribution is 2.31. The Morgan fingerprint density at radius 2 is 1.74 bits per heavy atom. The summed E-state index contributed by atoms with van der Waals surface area (Å²) in [6.07, 6.45) is 1.92. The van der Waals surface area contributed by atoms with E-state index in [0.29, 0.717) is 11.7 Å². The van der Waals surface area contributed by atoms with Crippen LogP contribution < -0.4 is 4.90 Å². The van der Waals surface area contributed by atoms with Gasteiger partial charge in [0.15, 0.2) is 15.0 Å². The van der Waals surface area contributed by atoms with Crippen LogP contribution in [0.15, 0.2) is 47.4 Å². The monoisotopic (exact) mass is 523 g/mol. The Hall–Kier alpha value is -2.00. The number of carbonyl (C=O) groups is 1. The molecule has 0 aliphatic rings. The maximum atomic E-state index is 13.4. The minimum Gasteiger partial charge on any atom is -0.309 e. The van der Waals surface area contributed by atoms with Crippen molar-refractivity contribution < 1.29 is 13.2 Å². The van der Waals surface area contributed by atoms with Crippen LogP contribution in [-0.4, -0.2) is 56.6 Å². The van der Waals surface area contributed by atoms with Crippen LogP contribution in [0.2, 0.25) is 0 Å². The van der Waals surface area contributed by atoms with Crippen LogP contribution in [0.5, 0.6) is 0 Å². The van der Waals surface area contributed by atoms with E-state index in [2.05, 4.69) is 17.9 Å². The minimum atomic E-state index is -3.33. The SMILES string of the molecule is CCc1cccc2sc(N(CCCN(C)C)C(=O)Cc3ccc(S(=O)(=O)C(C)C)cc3)nc12.Cl. The van der Waals surface area contributed by atoms with Crippen LogP contribution in [0.25, 0.3) is 10.2 Å². The molecule has 1 aromatic heterocycles. The number of para-hydroxylation sites is 1. The summed E-state index contributed by atoms with van der Waals surface area (Å²) < 4.78 is 25.8. The first kappa shape index (κ1) is 28.2. The number of benzene rings is 2. The van der Waals surface area contributed by atoms with E-state index < -0.39 is 15.1 Å². The van der Waals surface area contributed by atoms with E-state index in [1.807, 2.05) is 26.2 Å². The maximum Gasteiger partial charge on any atom is 0.233 e. The number of thiazole rings is 1. The van der Waals surface area contributed by atoms with Crippen molar-refractivity contribution in [3.8, 4) is 0 Å². The fourth-order valence-corrected chi connectivity index (χ4v) is 5.72. The summed E-state index contributed by atoms with van der Waals surface area (Å²) in [5.74, 6) is -0.0367. The summed E-state index contributed by atoms with van der Waals surface area (Å²) in [6, 6.07) is 12.8. The largest absolute Gasteiger partial charge is 0.309 e. The summed E-state index contributed by atoms with van der Waals surface area (Å²) in [4.78, 5) is 22.4. The molecule has 0 N–H and O–H groups in total. The van der Waals surface area contributed by atoms with Crippen molar-refractivity contribution in [1.29, 1.82) is 0 Å². The number of halogens is 1. The van der Waals surface area contributed by atoms with Crippen LogP contribution in [0, 0.1) is 0 Å². The molecule has 0 saturated carbocycles. The molecule has 0 aliphatic heterocycles. The Balaban J connectivity index is 0.00000408. The molecule has 0 spiro atoms. The Morgan fingerprint density at radius 1 is 1.06 bits per heavy atom. The molecule has 0 bridgehead atoms. The number of sulfone groups is 1. The summed E-state index contributed by atoms with van der Waals surface area (Å²) in [5, 5.41) is 0.234. The van der Waals surface area contributed by atoms with E-state index >= 15 is 0 Å². The zero-order valence-electron chi connectivity index (χ0n) is 20.4. The molecule has 0 aliphatic carbocycles. The van der Waals surface area contributed by atoms with E-state index in [1.165, 1.54) is 5.56 Å². The van der Waals surface area contributed by atoms with E-state index in [0.717, 1.165) is 35.2 Å². The lowest BCUT2D eigenvalue weighted by atomic mass is 10.1. The lowest BCUT2D eigenvalue weighted by Gasteiger charge is -2.21. The zero-order chi connectivity index (χ0) is 24.2. The number of aryl methyl sites for hydroxylation is 1. The number of carbonyl (C=O) groups excluding carboxylic acids is 1. The van der Waals surface area contributed by atoms with Crippen LogP contribution in [0.4, 0.5) is 5.13 Å². The van der Waals surface area contributed by atoms with Gasteiger partial charge < -0.3 is 4.90 Å². The normalized spacial score (nSPS) is 11.7. The molecular weight excluding hydrogens is 490 g/mol. The van der Waals surface area contributed by atoms with E-state index in [1.54, 1.807) is 54.3 Å². The molecule has 0 fully saturated rings. The predicted octanol–water partition coefficient (Wildman–Crippen LogP) is 4.99. The fraction of sp³-hybridized carbons (Fsp3) is 0.440. The second-order valence-electron chi connectivity index (χ2n) is 8.73. The van der Waals surface area contributed by atoms with Crippen molar-refractivity contribution in [3.05, 3.63) is 53.6 Å². The molecule has 2 aromatic carbocycles. The lowest BCUT2D eigenvalue weighted by molar-refractivity contribution is -0.118. The highest BCUT2D eigenvalue weighted by molar-refractivity contribution is 7.92. The number of aromatic nitrogens is 1. The van der Waals surface area contributed by atoms with E-state index in [9.17, 15) is 13.2 Å². The topological polar surface area (TPSA) is 70.6 Å². The number of nitrogens with zero attached hydrogens (tertiary/aromatic N) is 3. The molecule has 3 aromatic rings. The predicted molar refractivity (Wildman–Crippen MR) is 144 cm³/mol. The van der Waals surface area contributed by atoms with Gasteiger partial charge in [0.05, 0.1) is 26.8 Å². The molecule has 0 radical (unpaired) electrons. The van der Waals surface area contributed by atoms with Crippen LogP contribution in [-0.2, 0) is 27.5 Å². The highest BCUT2D eigenvalue weighted by atomic mass is 35.5. The number of fused-ring (bicyclic) bond motifs is 1. The van der Waals surface area contributed by atoms with Crippen molar-refractivity contribution in [2.75, 3.05) is 32.1 Å². The van der Waals surface area contributed by atoms with Gasteiger partial charge in [0.1, 0.15) is 0 Å². The molecule has 6 nitrogen and oxygen atoms in total. The van der Waals surface area contributed by atoms with Gasteiger partial charge in [-0.2, -0.15) is 0 Å². The third-order valence-corrected chi connectivity index (χ3v) is 8.83. The van der Waals surface area contributed by atoms with Gasteiger partial charge in [-0.3, -0.25) is 9.69 Å². The Kier molecular flexibility index (Phi) is 10.1. The van der Waals surface area contributed by atoms with Gasteiger partial charge in [0.2, 0.25) is 5.91 Å². The molecule has 1 heterocycles. The zero-order valence-corrected chi connectivity index (χ0v) is 22.9. The van der Waals surface area contributed by atoms with Gasteiger partial charge >= 0.3 is 0 Å². The van der Waals surface area contributed by atoms with Gasteiger partial charge in [-0.25, -0.2) is 13.4 Å². The molecule has 0 saturated heterocycles. The van der Waals surface area contributed by atoms with Crippen molar-refractivity contribution in [2.45, 2.75) is 50.2 Å². The maximum absolute atomic E-state index is 13.4. The summed E-state index contributed by atoms with van der Waals surface area (Å²) >= 11 is 1.54. The molecule has 9 heteroatoms. The molecule has 3 rings (SSSR count). The van der Waals surface area contributed by atoms with E-state index in [-0.39, 0.29) is 29.6 Å². The quantitative estimate of drug-likeness (QED) is 0.374. The van der Waals surface area contributed by atoms with Crippen molar-refractivity contribution in [2.24, 2.45) is 0 Å². The minimum absolute atomic E-state index is 0. The number of amides is 1. The average Bonchev–Trinajstić information content (AvgIpc) is 3.20. The van der Waals surface area contributed by atoms with Gasteiger partial charge in [0.25, 0.3) is 0 Å². The van der Waals surface area contributed by atoms with Crippen LogP contribution in [0.3, 0.4) is 0 Å². The van der Waals surface area contributed by atoms with Gasteiger partial charge in [-0.05, 0) is 76.7 Å². The Labute approximate surface area is 213 Å². The Bertz CT molecular complexity index is 1210. The number of rotatable bonds is 10. The van der Waals surface area contributed by atoms with Gasteiger partial charge in [-0.1, -0.05) is 42.5 Å².